The molecule has 2 saturated carbocycles. The molecule has 0 heterocycles. The Morgan fingerprint density at radius 3 is 2.60 bits per heavy atom. The zero-order valence-electron chi connectivity index (χ0n) is 18.0. The number of ketones is 1. The summed E-state index contributed by atoms with van der Waals surface area (Å²) in [7, 11) is 3.46. The second-order valence-electron chi connectivity index (χ2n) is 9.37. The Balaban J connectivity index is 1.65. The lowest BCUT2D eigenvalue weighted by Crippen LogP contribution is -2.42. The van der Waals surface area contributed by atoms with Gasteiger partial charge in [-0.15, -0.1) is 0 Å². The molecule has 0 unspecified atom stereocenters. The van der Waals surface area contributed by atoms with Crippen LogP contribution in [0.2, 0.25) is 0 Å². The molecule has 158 valence electrons. The summed E-state index contributed by atoms with van der Waals surface area (Å²) in [6.07, 6.45) is 6.17. The summed E-state index contributed by atoms with van der Waals surface area (Å²) in [4.78, 5) is 12.7. The number of halogens is 1. The van der Waals surface area contributed by atoms with Crippen LogP contribution in [-0.2, 0) is 11.2 Å². The highest BCUT2D eigenvalue weighted by atomic mass is 79.9. The molecule has 3 aliphatic rings. The van der Waals surface area contributed by atoms with Crippen molar-refractivity contribution >= 4 is 21.7 Å². The van der Waals surface area contributed by atoms with Crippen molar-refractivity contribution in [2.45, 2.75) is 51.4 Å². The van der Waals surface area contributed by atoms with E-state index in [9.17, 15) is 4.79 Å². The Morgan fingerprint density at radius 1 is 1.03 bits per heavy atom. The highest BCUT2D eigenvalue weighted by Gasteiger charge is 2.54. The van der Waals surface area contributed by atoms with E-state index >= 15 is 0 Å². The molecule has 4 atom stereocenters. The van der Waals surface area contributed by atoms with Crippen molar-refractivity contribution in [3.63, 3.8) is 0 Å². The lowest BCUT2D eigenvalue weighted by atomic mass is 9.55. The number of benzene rings is 2. The molecule has 30 heavy (non-hydrogen) atoms. The average Bonchev–Trinajstić information content (AvgIpc) is 3.08. The van der Waals surface area contributed by atoms with Gasteiger partial charge in [-0.2, -0.15) is 0 Å². The molecule has 0 amide bonds. The summed E-state index contributed by atoms with van der Waals surface area (Å²) >= 11 is 3.89. The van der Waals surface area contributed by atoms with Crippen LogP contribution in [0.25, 0.3) is 11.1 Å². The van der Waals surface area contributed by atoms with Gasteiger partial charge in [0, 0.05) is 23.0 Å². The van der Waals surface area contributed by atoms with Gasteiger partial charge in [-0.25, -0.2) is 0 Å². The minimum atomic E-state index is -0.0894. The quantitative estimate of drug-likeness (QED) is 0.511. The highest BCUT2D eigenvalue weighted by Crippen LogP contribution is 2.61. The number of hydrogen-bond acceptors (Lipinski definition) is 3. The molecular weight excluding hydrogens is 440 g/mol. The minimum absolute atomic E-state index is 0.0894. The Hall–Kier alpha value is -1.81. The van der Waals surface area contributed by atoms with Crippen LogP contribution in [0.5, 0.6) is 11.5 Å². The molecule has 3 nitrogen and oxygen atoms in total. The first-order chi connectivity index (χ1) is 14.5. The van der Waals surface area contributed by atoms with E-state index in [1.54, 1.807) is 14.2 Å². The molecule has 0 N–H and O–H groups in total. The number of methoxy groups -OCH3 is 2. The third kappa shape index (κ3) is 2.79. The second kappa shape index (κ2) is 7.40. The molecule has 2 aromatic carbocycles. The summed E-state index contributed by atoms with van der Waals surface area (Å²) < 4.78 is 12.6. The van der Waals surface area contributed by atoms with Crippen LogP contribution in [0.3, 0.4) is 0 Å². The van der Waals surface area contributed by atoms with Crippen LogP contribution in [0.4, 0.5) is 0 Å². The van der Waals surface area contributed by atoms with Gasteiger partial charge in [0.05, 0.1) is 18.7 Å². The van der Waals surface area contributed by atoms with Gasteiger partial charge in [-0.05, 0) is 89.0 Å². The van der Waals surface area contributed by atoms with Crippen LogP contribution in [0, 0.1) is 17.3 Å². The molecule has 5 rings (SSSR count). The van der Waals surface area contributed by atoms with E-state index in [0.717, 1.165) is 59.2 Å². The van der Waals surface area contributed by atoms with E-state index in [2.05, 4.69) is 35.0 Å². The van der Waals surface area contributed by atoms with Gasteiger partial charge < -0.3 is 9.47 Å². The van der Waals surface area contributed by atoms with Gasteiger partial charge in [-0.3, -0.25) is 4.79 Å². The van der Waals surface area contributed by atoms with E-state index in [1.807, 2.05) is 18.2 Å². The summed E-state index contributed by atoms with van der Waals surface area (Å²) in [5, 5.41) is 0. The predicted octanol–water partition coefficient (Wildman–Crippen LogP) is 6.56. The van der Waals surface area contributed by atoms with E-state index in [-0.39, 0.29) is 5.41 Å². The van der Waals surface area contributed by atoms with Crippen LogP contribution in [0.1, 0.15) is 56.1 Å². The largest absolute Gasteiger partial charge is 0.496 e. The molecule has 0 aliphatic heterocycles. The lowest BCUT2D eigenvalue weighted by Gasteiger charge is -2.48. The van der Waals surface area contributed by atoms with Crippen molar-refractivity contribution < 1.29 is 14.3 Å². The van der Waals surface area contributed by atoms with Crippen LogP contribution in [-0.4, -0.2) is 20.0 Å². The van der Waals surface area contributed by atoms with Gasteiger partial charge in [-0.1, -0.05) is 25.1 Å². The van der Waals surface area contributed by atoms with Crippen molar-refractivity contribution in [1.29, 1.82) is 0 Å². The molecular formula is C26H29BrO3. The summed E-state index contributed by atoms with van der Waals surface area (Å²) in [5.74, 6) is 3.90. The van der Waals surface area contributed by atoms with E-state index in [0.29, 0.717) is 23.5 Å². The molecule has 2 aromatic rings. The van der Waals surface area contributed by atoms with Gasteiger partial charge in [0.15, 0.2) is 0 Å². The Labute approximate surface area is 187 Å². The first-order valence-electron chi connectivity index (χ1n) is 11.1. The molecule has 0 aromatic heterocycles. The number of carbonyl (C=O) groups is 1. The van der Waals surface area contributed by atoms with Crippen molar-refractivity contribution in [3.05, 3.63) is 45.9 Å². The maximum atomic E-state index is 12.7. The van der Waals surface area contributed by atoms with E-state index in [4.69, 9.17) is 9.47 Å². The third-order valence-corrected chi connectivity index (χ3v) is 9.07. The molecule has 2 fully saturated rings. The first-order valence-corrected chi connectivity index (χ1v) is 11.8. The Kier molecular flexibility index (Phi) is 4.96. The molecule has 0 bridgehead atoms. The maximum absolute atomic E-state index is 12.7. The number of ether oxygens (including phenoxy) is 2. The van der Waals surface area contributed by atoms with Gasteiger partial charge in [0.25, 0.3) is 0 Å². The Morgan fingerprint density at radius 2 is 1.83 bits per heavy atom. The van der Waals surface area contributed by atoms with Crippen LogP contribution >= 0.6 is 15.9 Å². The normalized spacial score (nSPS) is 29.7. The number of fused-ring (bicyclic) bond motifs is 5. The number of para-hydroxylation sites is 1. The lowest BCUT2D eigenvalue weighted by molar-refractivity contribution is -0.129. The number of rotatable bonds is 3. The molecule has 3 aliphatic carbocycles. The minimum Gasteiger partial charge on any atom is -0.496 e. The van der Waals surface area contributed by atoms with Gasteiger partial charge in [0.1, 0.15) is 17.3 Å². The fourth-order valence-corrected chi connectivity index (χ4v) is 7.50. The highest BCUT2D eigenvalue weighted by molar-refractivity contribution is 9.10. The fraction of sp³-hybridized carbons (Fsp3) is 0.500. The van der Waals surface area contributed by atoms with Gasteiger partial charge in [0.2, 0.25) is 0 Å². The van der Waals surface area contributed by atoms with Gasteiger partial charge >= 0.3 is 0 Å². The maximum Gasteiger partial charge on any atom is 0.141 e. The van der Waals surface area contributed by atoms with E-state index < -0.39 is 0 Å². The molecule has 0 spiro atoms. The monoisotopic (exact) mass is 468 g/mol. The summed E-state index contributed by atoms with van der Waals surface area (Å²) in [6, 6.07) is 10.5. The SMILES string of the molecule is COc1ccccc1-c1cc2c(c(Br)c1OC)CC[C@@H]1[C@@H]2CC[C@]2(C)C(=O)CC[C@@H]12. The topological polar surface area (TPSA) is 35.5 Å². The standard InChI is InChI=1S/C26H29BrO3/c1-26-13-12-15-16(21(26)10-11-23(26)28)8-9-18-19(15)14-20(25(30-3)24(18)27)17-6-4-5-7-22(17)29-2/h4-7,14-16,21H,8-13H2,1-3H3/t15-,16+,21-,26-/m0/s1. The summed E-state index contributed by atoms with van der Waals surface area (Å²) in [5.41, 5.74) is 4.88. The number of hydrogen-bond donors (Lipinski definition) is 0. The van der Waals surface area contributed by atoms with Crippen molar-refractivity contribution in [2.24, 2.45) is 17.3 Å². The zero-order valence-corrected chi connectivity index (χ0v) is 19.6. The van der Waals surface area contributed by atoms with Crippen molar-refractivity contribution in [3.8, 4) is 22.6 Å². The first kappa shape index (κ1) is 20.1. The molecule has 4 heteroatoms. The van der Waals surface area contributed by atoms with Crippen molar-refractivity contribution in [1.82, 2.24) is 0 Å². The van der Waals surface area contributed by atoms with Crippen LogP contribution in [0.15, 0.2) is 34.8 Å². The summed E-state index contributed by atoms with van der Waals surface area (Å²) in [6.45, 7) is 2.24. The van der Waals surface area contributed by atoms with Crippen LogP contribution < -0.4 is 9.47 Å². The zero-order chi connectivity index (χ0) is 21.0. The Bertz CT molecular complexity index is 1010. The fourth-order valence-electron chi connectivity index (χ4n) is 6.70. The number of carbonyl (C=O) groups excluding carboxylic acids is 1. The average molecular weight is 469 g/mol. The molecule has 0 saturated heterocycles. The third-order valence-electron chi connectivity index (χ3n) is 8.23. The van der Waals surface area contributed by atoms with E-state index in [1.165, 1.54) is 17.5 Å². The predicted molar refractivity (Wildman–Crippen MR) is 122 cm³/mol. The molecule has 0 radical (unpaired) electrons. The number of Topliss-reactive ketones (excluding diaryl/α,β-unsaturated/α-hetero) is 1. The second-order valence-corrected chi connectivity index (χ2v) is 10.2. The smallest absolute Gasteiger partial charge is 0.141 e. The van der Waals surface area contributed by atoms with Crippen molar-refractivity contribution in [2.75, 3.05) is 14.2 Å².